The van der Waals surface area contributed by atoms with Gasteiger partial charge in [0.05, 0.1) is 12.2 Å². The summed E-state index contributed by atoms with van der Waals surface area (Å²) in [6.07, 6.45) is 2.33. The first-order valence-electron chi connectivity index (χ1n) is 9.09. The van der Waals surface area contributed by atoms with Crippen LogP contribution < -0.4 is 10.2 Å². The molecule has 0 bridgehead atoms. The highest BCUT2D eigenvalue weighted by atomic mass is 16.5. The zero-order valence-corrected chi connectivity index (χ0v) is 15.2. The third-order valence-corrected chi connectivity index (χ3v) is 4.52. The van der Waals surface area contributed by atoms with Crippen LogP contribution >= 0.6 is 0 Å². The second-order valence-corrected chi connectivity index (χ2v) is 6.62. The molecule has 0 saturated carbocycles. The molecule has 1 aliphatic rings. The summed E-state index contributed by atoms with van der Waals surface area (Å²) in [5.74, 6) is 1.01. The Morgan fingerprint density at radius 3 is 2.70 bits per heavy atom. The van der Waals surface area contributed by atoms with Crippen LogP contribution in [0.3, 0.4) is 0 Å². The number of nitrogens with zero attached hydrogens (tertiary/aromatic N) is 4. The van der Waals surface area contributed by atoms with Crippen molar-refractivity contribution in [2.24, 2.45) is 0 Å². The lowest BCUT2D eigenvalue weighted by Gasteiger charge is -2.16. The monoisotopic (exact) mass is 363 g/mol. The number of benzene rings is 1. The van der Waals surface area contributed by atoms with Crippen LogP contribution in [0.15, 0.2) is 47.0 Å². The number of anilines is 1. The fourth-order valence-electron chi connectivity index (χ4n) is 3.15. The van der Waals surface area contributed by atoms with Crippen LogP contribution in [-0.4, -0.2) is 34.1 Å². The van der Waals surface area contributed by atoms with Crippen LogP contribution in [-0.2, 0) is 6.54 Å². The lowest BCUT2D eigenvalue weighted by atomic mass is 10.1. The normalized spacial score (nSPS) is 13.7. The SMILES string of the molecule is Cc1cc(CNC(=O)c2cc(-c3ccccc3)on2)nc(N2CCCC2)n1. The molecule has 1 saturated heterocycles. The molecule has 1 fully saturated rings. The van der Waals surface area contributed by atoms with E-state index in [4.69, 9.17) is 4.52 Å². The molecule has 27 heavy (non-hydrogen) atoms. The van der Waals surface area contributed by atoms with Gasteiger partial charge >= 0.3 is 0 Å². The Balaban J connectivity index is 1.43. The molecule has 1 aromatic carbocycles. The summed E-state index contributed by atoms with van der Waals surface area (Å²) in [6, 6.07) is 13.1. The van der Waals surface area contributed by atoms with Gasteiger partial charge in [0, 0.05) is 30.4 Å². The molecule has 7 heteroatoms. The maximum Gasteiger partial charge on any atom is 0.273 e. The molecule has 0 spiro atoms. The van der Waals surface area contributed by atoms with Gasteiger partial charge in [0.1, 0.15) is 0 Å². The zero-order chi connectivity index (χ0) is 18.6. The first kappa shape index (κ1) is 17.2. The van der Waals surface area contributed by atoms with Crippen molar-refractivity contribution in [2.75, 3.05) is 18.0 Å². The van der Waals surface area contributed by atoms with Crippen molar-refractivity contribution in [3.05, 3.63) is 59.5 Å². The minimum atomic E-state index is -0.292. The van der Waals surface area contributed by atoms with Crippen LogP contribution in [0.1, 0.15) is 34.7 Å². The van der Waals surface area contributed by atoms with Crippen LogP contribution in [0.4, 0.5) is 5.95 Å². The van der Waals surface area contributed by atoms with Crippen molar-refractivity contribution in [2.45, 2.75) is 26.3 Å². The molecular weight excluding hydrogens is 342 g/mol. The molecule has 1 amide bonds. The van der Waals surface area contributed by atoms with Gasteiger partial charge in [-0.25, -0.2) is 9.97 Å². The lowest BCUT2D eigenvalue weighted by molar-refractivity contribution is 0.0941. The van der Waals surface area contributed by atoms with Gasteiger partial charge in [-0.2, -0.15) is 0 Å². The number of rotatable bonds is 5. The van der Waals surface area contributed by atoms with Crippen LogP contribution in [0.2, 0.25) is 0 Å². The van der Waals surface area contributed by atoms with E-state index in [0.29, 0.717) is 12.3 Å². The average Bonchev–Trinajstić information content (AvgIpc) is 3.38. The summed E-state index contributed by atoms with van der Waals surface area (Å²) in [6.45, 7) is 4.22. The number of carbonyl (C=O) groups is 1. The van der Waals surface area contributed by atoms with Crippen LogP contribution in [0.25, 0.3) is 11.3 Å². The Hall–Kier alpha value is -3.22. The summed E-state index contributed by atoms with van der Waals surface area (Å²) in [5, 5.41) is 6.73. The standard InChI is InChI=1S/C20H21N5O2/c1-14-11-16(23-20(22-14)25-9-5-6-10-25)13-21-19(26)17-12-18(27-24-17)15-7-3-2-4-8-15/h2-4,7-8,11-12H,5-6,9-10,13H2,1H3,(H,21,26). The number of hydrogen-bond donors (Lipinski definition) is 1. The first-order chi connectivity index (χ1) is 13.2. The molecule has 0 atom stereocenters. The van der Waals surface area contributed by atoms with E-state index in [-0.39, 0.29) is 11.6 Å². The van der Waals surface area contributed by atoms with E-state index < -0.39 is 0 Å². The Morgan fingerprint density at radius 2 is 1.93 bits per heavy atom. The minimum Gasteiger partial charge on any atom is -0.355 e. The number of carbonyl (C=O) groups excluding carboxylic acids is 1. The van der Waals surface area contributed by atoms with Gasteiger partial charge in [0.2, 0.25) is 5.95 Å². The molecule has 0 unspecified atom stereocenters. The molecule has 3 aromatic rings. The second-order valence-electron chi connectivity index (χ2n) is 6.62. The van der Waals surface area contributed by atoms with Gasteiger partial charge in [-0.1, -0.05) is 35.5 Å². The second kappa shape index (κ2) is 7.57. The van der Waals surface area contributed by atoms with Gasteiger partial charge in [-0.05, 0) is 25.8 Å². The molecule has 2 aromatic heterocycles. The first-order valence-corrected chi connectivity index (χ1v) is 9.09. The summed E-state index contributed by atoms with van der Waals surface area (Å²) in [7, 11) is 0. The van der Waals surface area contributed by atoms with Gasteiger partial charge in [-0.15, -0.1) is 0 Å². The zero-order valence-electron chi connectivity index (χ0n) is 15.2. The topological polar surface area (TPSA) is 84.2 Å². The molecule has 0 aliphatic carbocycles. The molecular formula is C20H21N5O2. The van der Waals surface area contributed by atoms with Crippen molar-refractivity contribution >= 4 is 11.9 Å². The lowest BCUT2D eigenvalue weighted by Crippen LogP contribution is -2.25. The predicted octanol–water partition coefficient (Wildman–Crippen LogP) is 2.97. The number of aromatic nitrogens is 3. The fraction of sp³-hybridized carbons (Fsp3) is 0.300. The van der Waals surface area contributed by atoms with E-state index in [2.05, 4.69) is 25.3 Å². The number of nitrogens with one attached hydrogen (secondary N) is 1. The van der Waals surface area contributed by atoms with Crippen molar-refractivity contribution < 1.29 is 9.32 Å². The quantitative estimate of drug-likeness (QED) is 0.750. The van der Waals surface area contributed by atoms with Gasteiger partial charge in [0.25, 0.3) is 5.91 Å². The minimum absolute atomic E-state index is 0.249. The van der Waals surface area contributed by atoms with Crippen molar-refractivity contribution in [3.63, 3.8) is 0 Å². The summed E-state index contributed by atoms with van der Waals surface area (Å²) in [4.78, 5) is 23.7. The van der Waals surface area contributed by atoms with Gasteiger partial charge < -0.3 is 14.7 Å². The highest BCUT2D eigenvalue weighted by Gasteiger charge is 2.17. The highest BCUT2D eigenvalue weighted by Crippen LogP contribution is 2.20. The summed E-state index contributed by atoms with van der Waals surface area (Å²) >= 11 is 0. The molecule has 1 N–H and O–H groups in total. The Morgan fingerprint density at radius 1 is 1.15 bits per heavy atom. The fourth-order valence-corrected chi connectivity index (χ4v) is 3.15. The van der Waals surface area contributed by atoms with E-state index in [1.807, 2.05) is 43.3 Å². The summed E-state index contributed by atoms with van der Waals surface area (Å²) < 4.78 is 5.29. The molecule has 138 valence electrons. The van der Waals surface area contributed by atoms with Crippen LogP contribution in [0, 0.1) is 6.92 Å². The van der Waals surface area contributed by atoms with Crippen molar-refractivity contribution in [1.82, 2.24) is 20.4 Å². The maximum absolute atomic E-state index is 12.4. The van der Waals surface area contributed by atoms with E-state index in [1.54, 1.807) is 6.07 Å². The predicted molar refractivity (Wildman–Crippen MR) is 101 cm³/mol. The molecule has 1 aliphatic heterocycles. The Bertz CT molecular complexity index is 933. The molecule has 3 heterocycles. The number of aryl methyl sites for hydroxylation is 1. The number of amides is 1. The van der Waals surface area contributed by atoms with E-state index in [9.17, 15) is 4.79 Å². The highest BCUT2D eigenvalue weighted by molar-refractivity contribution is 5.93. The summed E-state index contributed by atoms with van der Waals surface area (Å²) in [5.41, 5.74) is 2.80. The largest absolute Gasteiger partial charge is 0.355 e. The number of hydrogen-bond acceptors (Lipinski definition) is 6. The van der Waals surface area contributed by atoms with Crippen molar-refractivity contribution in [3.8, 4) is 11.3 Å². The van der Waals surface area contributed by atoms with Crippen LogP contribution in [0.5, 0.6) is 0 Å². The average molecular weight is 363 g/mol. The Labute approximate surface area is 157 Å². The molecule has 0 radical (unpaired) electrons. The van der Waals surface area contributed by atoms with Crippen molar-refractivity contribution in [1.29, 1.82) is 0 Å². The van der Waals surface area contributed by atoms with E-state index in [1.165, 1.54) is 12.8 Å². The molecule has 4 rings (SSSR count). The maximum atomic E-state index is 12.4. The smallest absolute Gasteiger partial charge is 0.273 e. The van der Waals surface area contributed by atoms with Gasteiger partial charge in [0.15, 0.2) is 11.5 Å². The third kappa shape index (κ3) is 3.97. The Kier molecular flexibility index (Phi) is 4.82. The van der Waals surface area contributed by atoms with E-state index in [0.717, 1.165) is 36.0 Å². The molecule has 7 nitrogen and oxygen atoms in total. The van der Waals surface area contributed by atoms with Gasteiger partial charge in [-0.3, -0.25) is 4.79 Å². The third-order valence-electron chi connectivity index (χ3n) is 4.52. The van der Waals surface area contributed by atoms with E-state index >= 15 is 0 Å².